The van der Waals surface area contributed by atoms with Crippen LogP contribution in [-0.2, 0) is 0 Å². The molecule has 0 aliphatic carbocycles. The van der Waals surface area contributed by atoms with E-state index in [2.05, 4.69) is 11.6 Å². The maximum absolute atomic E-state index is 9.31. The van der Waals surface area contributed by atoms with Crippen LogP contribution in [0.4, 0.5) is 0 Å². The van der Waals surface area contributed by atoms with Gasteiger partial charge in [-0.05, 0) is 18.6 Å². The van der Waals surface area contributed by atoms with E-state index in [1.165, 1.54) is 0 Å². The van der Waals surface area contributed by atoms with Crippen LogP contribution in [0.3, 0.4) is 0 Å². The molecule has 0 saturated heterocycles. The summed E-state index contributed by atoms with van der Waals surface area (Å²) in [6, 6.07) is 3.72. The van der Waals surface area contributed by atoms with Crippen molar-refractivity contribution >= 4 is 0 Å². The molecule has 2 nitrogen and oxygen atoms in total. The lowest BCUT2D eigenvalue weighted by atomic mass is 10.2. The predicted octanol–water partition coefficient (Wildman–Crippen LogP) is 1.62. The minimum Gasteiger partial charge on any atom is -0.387 e. The van der Waals surface area contributed by atoms with E-state index in [4.69, 9.17) is 0 Å². The monoisotopic (exact) mass is 137 g/mol. The topological polar surface area (TPSA) is 36.0 Å². The van der Waals surface area contributed by atoms with Crippen LogP contribution >= 0.6 is 0 Å². The molecule has 0 spiro atoms. The highest BCUT2D eigenvalue weighted by atomic mass is 16.3. The van der Waals surface area contributed by atoms with E-state index in [9.17, 15) is 5.11 Å². The molecule has 1 atom stereocenters. The SMILES string of the molecule is C=CCC(O)c1ccc[nH]1. The number of hydrogen-bond donors (Lipinski definition) is 2. The van der Waals surface area contributed by atoms with Gasteiger partial charge in [0.1, 0.15) is 0 Å². The molecule has 0 aromatic carbocycles. The summed E-state index contributed by atoms with van der Waals surface area (Å²) >= 11 is 0. The quantitative estimate of drug-likeness (QED) is 0.610. The third-order valence-corrected chi connectivity index (χ3v) is 1.37. The van der Waals surface area contributed by atoms with Crippen molar-refractivity contribution in [1.29, 1.82) is 0 Å². The van der Waals surface area contributed by atoms with E-state index in [1.807, 2.05) is 12.1 Å². The van der Waals surface area contributed by atoms with Gasteiger partial charge in [-0.3, -0.25) is 0 Å². The molecule has 1 aromatic heterocycles. The van der Waals surface area contributed by atoms with Gasteiger partial charge in [0.25, 0.3) is 0 Å². The van der Waals surface area contributed by atoms with Gasteiger partial charge >= 0.3 is 0 Å². The molecular formula is C8H11NO. The Hall–Kier alpha value is -1.02. The summed E-state index contributed by atoms with van der Waals surface area (Å²) in [5.41, 5.74) is 0.847. The first-order valence-corrected chi connectivity index (χ1v) is 3.27. The molecule has 0 amide bonds. The summed E-state index contributed by atoms with van der Waals surface area (Å²) in [7, 11) is 0. The highest BCUT2D eigenvalue weighted by molar-refractivity contribution is 5.07. The lowest BCUT2D eigenvalue weighted by molar-refractivity contribution is 0.177. The van der Waals surface area contributed by atoms with Crippen molar-refractivity contribution in [2.75, 3.05) is 0 Å². The number of aliphatic hydroxyl groups excluding tert-OH is 1. The van der Waals surface area contributed by atoms with Crippen LogP contribution in [-0.4, -0.2) is 10.1 Å². The second-order valence-electron chi connectivity index (χ2n) is 2.17. The normalized spacial score (nSPS) is 12.9. The van der Waals surface area contributed by atoms with Crippen molar-refractivity contribution in [1.82, 2.24) is 4.98 Å². The van der Waals surface area contributed by atoms with Crippen LogP contribution in [0.2, 0.25) is 0 Å². The van der Waals surface area contributed by atoms with Gasteiger partial charge in [-0.2, -0.15) is 0 Å². The molecule has 1 rings (SSSR count). The van der Waals surface area contributed by atoms with E-state index >= 15 is 0 Å². The fourth-order valence-electron chi connectivity index (χ4n) is 0.836. The third kappa shape index (κ3) is 1.48. The van der Waals surface area contributed by atoms with Crippen LogP contribution in [0.15, 0.2) is 31.0 Å². The van der Waals surface area contributed by atoms with Gasteiger partial charge in [-0.1, -0.05) is 6.08 Å². The minimum atomic E-state index is -0.424. The summed E-state index contributed by atoms with van der Waals surface area (Å²) in [6.45, 7) is 3.54. The van der Waals surface area contributed by atoms with Crippen LogP contribution in [0.5, 0.6) is 0 Å². The van der Waals surface area contributed by atoms with Crippen molar-refractivity contribution in [3.63, 3.8) is 0 Å². The van der Waals surface area contributed by atoms with E-state index in [1.54, 1.807) is 12.3 Å². The molecule has 0 aliphatic heterocycles. The Morgan fingerprint density at radius 2 is 2.60 bits per heavy atom. The minimum absolute atomic E-state index is 0.424. The fourth-order valence-corrected chi connectivity index (χ4v) is 0.836. The van der Waals surface area contributed by atoms with E-state index in [0.717, 1.165) is 5.69 Å². The molecule has 1 heterocycles. The molecule has 1 aromatic rings. The summed E-state index contributed by atoms with van der Waals surface area (Å²) < 4.78 is 0. The van der Waals surface area contributed by atoms with Crippen molar-refractivity contribution < 1.29 is 5.11 Å². The van der Waals surface area contributed by atoms with Gasteiger partial charge in [0.15, 0.2) is 0 Å². The molecule has 2 N–H and O–H groups in total. The Morgan fingerprint density at radius 3 is 3.10 bits per heavy atom. The third-order valence-electron chi connectivity index (χ3n) is 1.37. The number of aromatic amines is 1. The smallest absolute Gasteiger partial charge is 0.0971 e. The van der Waals surface area contributed by atoms with Crippen molar-refractivity contribution in [3.8, 4) is 0 Å². The largest absolute Gasteiger partial charge is 0.387 e. The summed E-state index contributed by atoms with van der Waals surface area (Å²) in [5, 5.41) is 9.31. The first kappa shape index (κ1) is 7.09. The zero-order valence-electron chi connectivity index (χ0n) is 5.75. The Labute approximate surface area is 60.2 Å². The molecule has 10 heavy (non-hydrogen) atoms. The molecule has 54 valence electrons. The molecule has 1 unspecified atom stereocenters. The van der Waals surface area contributed by atoms with Gasteiger partial charge in [-0.25, -0.2) is 0 Å². The van der Waals surface area contributed by atoms with Crippen LogP contribution in [0.1, 0.15) is 18.2 Å². The van der Waals surface area contributed by atoms with Crippen LogP contribution in [0.25, 0.3) is 0 Å². The van der Waals surface area contributed by atoms with Crippen LogP contribution < -0.4 is 0 Å². The maximum atomic E-state index is 9.31. The average molecular weight is 137 g/mol. The molecule has 0 radical (unpaired) electrons. The molecular weight excluding hydrogens is 126 g/mol. The van der Waals surface area contributed by atoms with Gasteiger partial charge in [-0.15, -0.1) is 6.58 Å². The van der Waals surface area contributed by atoms with Gasteiger partial charge in [0, 0.05) is 11.9 Å². The highest BCUT2D eigenvalue weighted by Crippen LogP contribution is 2.13. The first-order valence-electron chi connectivity index (χ1n) is 3.27. The van der Waals surface area contributed by atoms with Crippen molar-refractivity contribution in [2.45, 2.75) is 12.5 Å². The number of H-pyrrole nitrogens is 1. The lowest BCUT2D eigenvalue weighted by Crippen LogP contribution is -1.94. The number of nitrogens with one attached hydrogen (secondary N) is 1. The van der Waals surface area contributed by atoms with E-state index in [0.29, 0.717) is 6.42 Å². The second-order valence-corrected chi connectivity index (χ2v) is 2.17. The molecule has 0 saturated carbocycles. The molecule has 0 aliphatic rings. The number of hydrogen-bond acceptors (Lipinski definition) is 1. The second kappa shape index (κ2) is 3.22. The maximum Gasteiger partial charge on any atom is 0.0971 e. The predicted molar refractivity (Wildman–Crippen MR) is 40.6 cm³/mol. The average Bonchev–Trinajstić information content (AvgIpc) is 2.38. The lowest BCUT2D eigenvalue weighted by Gasteiger charge is -2.03. The summed E-state index contributed by atoms with van der Waals surface area (Å²) in [5.74, 6) is 0. The van der Waals surface area contributed by atoms with E-state index < -0.39 is 6.10 Å². The number of aromatic nitrogens is 1. The van der Waals surface area contributed by atoms with Gasteiger partial charge < -0.3 is 10.1 Å². The standard InChI is InChI=1S/C8H11NO/c1-2-4-8(10)7-5-3-6-9-7/h2-3,5-6,8-10H,1,4H2. The fraction of sp³-hybridized carbons (Fsp3) is 0.250. The molecule has 2 heteroatoms. The summed E-state index contributed by atoms with van der Waals surface area (Å²) in [4.78, 5) is 2.92. The van der Waals surface area contributed by atoms with Gasteiger partial charge in [0.2, 0.25) is 0 Å². The number of rotatable bonds is 3. The molecule has 0 fully saturated rings. The highest BCUT2D eigenvalue weighted by Gasteiger charge is 2.03. The summed E-state index contributed by atoms with van der Waals surface area (Å²) in [6.07, 6.45) is 3.67. The number of aliphatic hydroxyl groups is 1. The Morgan fingerprint density at radius 1 is 1.80 bits per heavy atom. The zero-order chi connectivity index (χ0) is 7.40. The Kier molecular flexibility index (Phi) is 2.29. The van der Waals surface area contributed by atoms with Gasteiger partial charge in [0.05, 0.1) is 6.10 Å². The zero-order valence-corrected chi connectivity index (χ0v) is 5.75. The van der Waals surface area contributed by atoms with E-state index in [-0.39, 0.29) is 0 Å². The molecule has 0 bridgehead atoms. The van der Waals surface area contributed by atoms with Crippen molar-refractivity contribution in [3.05, 3.63) is 36.7 Å². The van der Waals surface area contributed by atoms with Crippen molar-refractivity contribution in [2.24, 2.45) is 0 Å². The van der Waals surface area contributed by atoms with Crippen LogP contribution in [0, 0.1) is 0 Å². The Bertz CT molecular complexity index is 191. The Balaban J connectivity index is 2.58. The first-order chi connectivity index (χ1) is 4.84.